The number of hydrogen-bond donors (Lipinski definition) is 0. The van der Waals surface area contributed by atoms with Gasteiger partial charge < -0.3 is 0 Å². The topological polar surface area (TPSA) is 22.2 Å². The van der Waals surface area contributed by atoms with Crippen molar-refractivity contribution in [3.8, 4) is 22.3 Å². The van der Waals surface area contributed by atoms with E-state index in [1.54, 1.807) is 0 Å². The summed E-state index contributed by atoms with van der Waals surface area (Å²) in [5.41, 5.74) is 8.15. The molecule has 208 valence electrons. The van der Waals surface area contributed by atoms with Crippen LogP contribution in [0.4, 0.5) is 0 Å². The molecule has 0 saturated carbocycles. The SMILES string of the molecule is C/N=c1/ccccn1-n1c2ccc(-c3ccccc3)cc2c2c3ccccc3c3c4cc(-c5ccccc5)ccc4sc3c21. The molecule has 6 aromatic carbocycles. The van der Waals surface area contributed by atoms with Crippen molar-refractivity contribution in [3.63, 3.8) is 0 Å². The lowest BCUT2D eigenvalue weighted by molar-refractivity contribution is 0.665. The molecule has 4 heteroatoms. The molecule has 0 radical (unpaired) electrons. The summed E-state index contributed by atoms with van der Waals surface area (Å²) in [5.74, 6) is 0. The van der Waals surface area contributed by atoms with Crippen LogP contribution >= 0.6 is 11.3 Å². The normalized spacial score (nSPS) is 12.3. The van der Waals surface area contributed by atoms with Gasteiger partial charge in [-0.1, -0.05) is 103 Å². The number of benzene rings is 6. The molecule has 0 aliphatic heterocycles. The summed E-state index contributed by atoms with van der Waals surface area (Å²) in [6.07, 6.45) is 2.12. The maximum Gasteiger partial charge on any atom is 0.146 e. The van der Waals surface area contributed by atoms with Crippen LogP contribution in [0.2, 0.25) is 0 Å². The Morgan fingerprint density at radius 3 is 1.84 bits per heavy atom. The Hall–Kier alpha value is -5.45. The molecule has 0 aliphatic carbocycles. The van der Waals surface area contributed by atoms with E-state index in [-0.39, 0.29) is 0 Å². The summed E-state index contributed by atoms with van der Waals surface area (Å²) in [4.78, 5) is 4.68. The first kappa shape index (κ1) is 25.1. The van der Waals surface area contributed by atoms with E-state index >= 15 is 0 Å². The molecule has 0 amide bonds. The number of nitrogens with zero attached hydrogens (tertiary/aromatic N) is 3. The number of hydrogen-bond acceptors (Lipinski definition) is 2. The molecule has 9 rings (SSSR count). The Balaban J connectivity index is 1.51. The van der Waals surface area contributed by atoms with Crippen LogP contribution in [0.3, 0.4) is 0 Å². The van der Waals surface area contributed by atoms with Gasteiger partial charge in [0, 0.05) is 39.5 Å². The van der Waals surface area contributed by atoms with Gasteiger partial charge in [-0.15, -0.1) is 11.3 Å². The predicted octanol–water partition coefficient (Wildman–Crippen LogP) is 10.3. The molecule has 0 saturated heterocycles. The molecule has 0 aliphatic rings. The van der Waals surface area contributed by atoms with Gasteiger partial charge in [0.25, 0.3) is 0 Å². The number of rotatable bonds is 3. The van der Waals surface area contributed by atoms with Gasteiger partial charge in [-0.2, -0.15) is 0 Å². The molecule has 0 spiro atoms. The number of aromatic nitrogens is 2. The minimum Gasteiger partial charge on any atom is -0.270 e. The van der Waals surface area contributed by atoms with Crippen LogP contribution in [-0.2, 0) is 0 Å². The number of thiophene rings is 1. The Morgan fingerprint density at radius 1 is 0.523 bits per heavy atom. The molecular weight excluding hydrogens is 555 g/mol. The van der Waals surface area contributed by atoms with Gasteiger partial charge in [0.2, 0.25) is 0 Å². The van der Waals surface area contributed by atoms with Crippen molar-refractivity contribution in [2.24, 2.45) is 4.99 Å². The highest BCUT2D eigenvalue weighted by molar-refractivity contribution is 7.27. The van der Waals surface area contributed by atoms with Crippen molar-refractivity contribution < 1.29 is 0 Å². The van der Waals surface area contributed by atoms with E-state index in [0.717, 1.165) is 11.0 Å². The van der Waals surface area contributed by atoms with Gasteiger partial charge in [-0.05, 0) is 69.4 Å². The fourth-order valence-corrected chi connectivity index (χ4v) is 8.06. The van der Waals surface area contributed by atoms with Gasteiger partial charge in [0.15, 0.2) is 0 Å². The maximum atomic E-state index is 4.68. The zero-order valence-electron chi connectivity index (χ0n) is 24.1. The highest BCUT2D eigenvalue weighted by atomic mass is 32.1. The zero-order valence-corrected chi connectivity index (χ0v) is 24.9. The highest BCUT2D eigenvalue weighted by Crippen LogP contribution is 2.48. The van der Waals surface area contributed by atoms with Crippen LogP contribution in [0, 0.1) is 0 Å². The van der Waals surface area contributed by atoms with Crippen LogP contribution < -0.4 is 5.49 Å². The second kappa shape index (κ2) is 9.80. The van der Waals surface area contributed by atoms with Crippen molar-refractivity contribution in [1.29, 1.82) is 0 Å². The van der Waals surface area contributed by atoms with Crippen LogP contribution in [0.15, 0.2) is 151 Å². The summed E-state index contributed by atoms with van der Waals surface area (Å²) in [6, 6.07) is 50.3. The molecule has 9 aromatic rings. The van der Waals surface area contributed by atoms with E-state index < -0.39 is 0 Å². The average Bonchev–Trinajstić information content (AvgIpc) is 3.65. The van der Waals surface area contributed by atoms with Crippen molar-refractivity contribution in [2.45, 2.75) is 0 Å². The Bertz CT molecular complexity index is 2600. The van der Waals surface area contributed by atoms with Gasteiger partial charge in [0.1, 0.15) is 5.49 Å². The lowest BCUT2D eigenvalue weighted by Crippen LogP contribution is -2.25. The average molecular weight is 582 g/mol. The Labute approximate surface area is 258 Å². The van der Waals surface area contributed by atoms with Crippen molar-refractivity contribution in [3.05, 3.63) is 151 Å². The lowest BCUT2D eigenvalue weighted by Gasteiger charge is -2.13. The van der Waals surface area contributed by atoms with Crippen molar-refractivity contribution >= 4 is 64.1 Å². The van der Waals surface area contributed by atoms with E-state index in [1.165, 1.54) is 69.5 Å². The fraction of sp³-hybridized carbons (Fsp3) is 0.0250. The molecule has 0 unspecified atom stereocenters. The lowest BCUT2D eigenvalue weighted by atomic mass is 9.96. The zero-order chi connectivity index (χ0) is 29.2. The van der Waals surface area contributed by atoms with Crippen LogP contribution in [-0.4, -0.2) is 16.4 Å². The third-order valence-electron chi connectivity index (χ3n) is 8.79. The summed E-state index contributed by atoms with van der Waals surface area (Å²) in [6.45, 7) is 0. The van der Waals surface area contributed by atoms with E-state index in [0.29, 0.717) is 0 Å². The summed E-state index contributed by atoms with van der Waals surface area (Å²) in [5, 5.41) is 7.67. The van der Waals surface area contributed by atoms with Crippen molar-refractivity contribution in [2.75, 3.05) is 7.05 Å². The van der Waals surface area contributed by atoms with Crippen LogP contribution in [0.1, 0.15) is 0 Å². The monoisotopic (exact) mass is 581 g/mol. The smallest absolute Gasteiger partial charge is 0.146 e. The first-order valence-electron chi connectivity index (χ1n) is 14.9. The molecule has 0 bridgehead atoms. The second-order valence-electron chi connectivity index (χ2n) is 11.2. The van der Waals surface area contributed by atoms with Gasteiger partial charge in [-0.3, -0.25) is 4.99 Å². The third kappa shape index (κ3) is 3.65. The van der Waals surface area contributed by atoms with Gasteiger partial charge in [0.05, 0.1) is 15.7 Å². The van der Waals surface area contributed by atoms with E-state index in [4.69, 9.17) is 0 Å². The first-order chi connectivity index (χ1) is 21.8. The predicted molar refractivity (Wildman–Crippen MR) is 187 cm³/mol. The highest BCUT2D eigenvalue weighted by Gasteiger charge is 2.22. The molecule has 0 N–H and O–H groups in total. The minimum atomic E-state index is 0.896. The van der Waals surface area contributed by atoms with Crippen molar-refractivity contribution in [1.82, 2.24) is 9.35 Å². The Kier molecular flexibility index (Phi) is 5.59. The maximum absolute atomic E-state index is 4.68. The van der Waals surface area contributed by atoms with E-state index in [1.807, 2.05) is 18.4 Å². The summed E-state index contributed by atoms with van der Waals surface area (Å²) < 4.78 is 7.15. The quantitative estimate of drug-likeness (QED) is 0.198. The molecule has 44 heavy (non-hydrogen) atoms. The molecule has 3 heterocycles. The van der Waals surface area contributed by atoms with E-state index in [9.17, 15) is 0 Å². The third-order valence-corrected chi connectivity index (χ3v) is 9.97. The Morgan fingerprint density at radius 2 is 1.14 bits per heavy atom. The molecular formula is C40H27N3S. The molecule has 3 aromatic heterocycles. The van der Waals surface area contributed by atoms with Crippen LogP contribution in [0.5, 0.6) is 0 Å². The largest absolute Gasteiger partial charge is 0.270 e. The standard InChI is InChI=1S/C40H27N3S/c1-41-36-18-10-11-23-42(36)43-34-21-19-28(26-12-4-2-5-13-26)24-32(34)37-30-16-8-9-17-31(30)38-33-25-29(27-14-6-3-7-15-27)20-22-35(33)44-40(38)39(37)43/h2-25H,1H3/b41-36-. The van der Waals surface area contributed by atoms with Gasteiger partial charge >= 0.3 is 0 Å². The minimum absolute atomic E-state index is 0.896. The second-order valence-corrected chi connectivity index (χ2v) is 12.2. The molecule has 0 fully saturated rings. The summed E-state index contributed by atoms with van der Waals surface area (Å²) in [7, 11) is 1.86. The fourth-order valence-electron chi connectivity index (χ4n) is 6.82. The summed E-state index contributed by atoms with van der Waals surface area (Å²) >= 11 is 1.88. The number of pyridine rings is 1. The molecule has 0 atom stereocenters. The number of fused-ring (bicyclic) bond motifs is 10. The molecule has 3 nitrogen and oxygen atoms in total. The van der Waals surface area contributed by atoms with E-state index in [2.05, 4.69) is 160 Å². The van der Waals surface area contributed by atoms with Crippen LogP contribution in [0.25, 0.3) is 75.0 Å². The van der Waals surface area contributed by atoms with Gasteiger partial charge in [-0.25, -0.2) is 9.35 Å². The first-order valence-corrected chi connectivity index (χ1v) is 15.7.